The Balaban J connectivity index is 0.734. The minimum absolute atomic E-state index is 0.00196. The van der Waals surface area contributed by atoms with E-state index in [1.165, 1.54) is 0 Å². The molecule has 0 radical (unpaired) electrons. The summed E-state index contributed by atoms with van der Waals surface area (Å²) in [6.07, 6.45) is 14.9. The topological polar surface area (TPSA) is 169 Å². The molecule has 2 atom stereocenters. The highest BCUT2D eigenvalue weighted by molar-refractivity contribution is 6.09. The standard InChI is InChI=1S/C60H54N12O4/c1-67-34-47(45-29-41(19-21-51(45)67)43-23-27-71-53(31-43)61-59(65-71)63-55(73)39-15-16-39)57(75)70-26-6-10-50(70)38-13-11-36(12-14-38)33-68-35-48(58(76)69-25-5-9-49(69)37-7-3-2-4-8-37)46-30-42(20-22-52(46)68)44-24-28-72-54(32-44)62-60(66-72)64-56(74)40-17-18-40/h2-4,7-8,11-14,19-24,27-32,34-35,39-40,49-50H,5-6,9-10,15-18,25-26,33H2,1H3,(H,63,65,73)(H,64,66,74)/t49?,50-/m0/s1. The van der Waals surface area contributed by atoms with Crippen LogP contribution in [0.15, 0.2) is 140 Å². The first-order valence-electron chi connectivity index (χ1n) is 26.5. The fourth-order valence-electron chi connectivity index (χ4n) is 11.6. The van der Waals surface area contributed by atoms with Crippen LogP contribution in [-0.2, 0) is 23.2 Å². The van der Waals surface area contributed by atoms with Crippen LogP contribution in [-0.4, -0.2) is 84.8 Å². The predicted octanol–water partition coefficient (Wildman–Crippen LogP) is 10.3. The van der Waals surface area contributed by atoms with E-state index in [9.17, 15) is 19.2 Å². The molecule has 2 saturated carbocycles. The number of hydrogen-bond donors (Lipinski definition) is 2. The fraction of sp³-hybridized carbons (Fsp3) is 0.267. The number of likely N-dealkylation sites (tertiary alicyclic amines) is 2. The summed E-state index contributed by atoms with van der Waals surface area (Å²) in [6.45, 7) is 1.89. The third-order valence-electron chi connectivity index (χ3n) is 16.0. The molecule has 6 aromatic heterocycles. The minimum atomic E-state index is -0.0805. The molecule has 1 unspecified atom stereocenters. The average Bonchev–Trinajstić information content (AvgIpc) is 4.15. The Morgan fingerprint density at radius 3 is 1.59 bits per heavy atom. The van der Waals surface area contributed by atoms with Crippen molar-refractivity contribution in [3.63, 3.8) is 0 Å². The molecule has 2 aliphatic heterocycles. The van der Waals surface area contributed by atoms with Gasteiger partial charge in [-0.25, -0.2) is 9.03 Å². The van der Waals surface area contributed by atoms with Crippen molar-refractivity contribution < 1.29 is 19.2 Å². The lowest BCUT2D eigenvalue weighted by Gasteiger charge is -2.25. The summed E-state index contributed by atoms with van der Waals surface area (Å²) in [4.78, 5) is 67.8. The number of hydrogen-bond acceptors (Lipinski definition) is 8. The second-order valence-corrected chi connectivity index (χ2v) is 21.1. The number of nitrogens with zero attached hydrogens (tertiary/aromatic N) is 10. The Hall–Kier alpha value is -8.92. The first-order valence-corrected chi connectivity index (χ1v) is 26.5. The maximum absolute atomic E-state index is 14.9. The number of amides is 4. The normalized spacial score (nSPS) is 17.6. The van der Waals surface area contributed by atoms with E-state index < -0.39 is 0 Å². The van der Waals surface area contributed by atoms with Crippen LogP contribution >= 0.6 is 0 Å². The summed E-state index contributed by atoms with van der Waals surface area (Å²) < 4.78 is 7.53. The summed E-state index contributed by atoms with van der Waals surface area (Å²) in [7, 11) is 1.98. The van der Waals surface area contributed by atoms with Gasteiger partial charge in [-0.05, 0) is 139 Å². The number of aromatic nitrogens is 8. The first kappa shape index (κ1) is 45.7. The van der Waals surface area contributed by atoms with Gasteiger partial charge in [0, 0.05) is 85.1 Å². The van der Waals surface area contributed by atoms with Crippen molar-refractivity contribution >= 4 is 68.6 Å². The van der Waals surface area contributed by atoms with Crippen molar-refractivity contribution in [1.29, 1.82) is 0 Å². The van der Waals surface area contributed by atoms with Crippen molar-refractivity contribution in [3.8, 4) is 22.3 Å². The number of benzene rings is 4. The van der Waals surface area contributed by atoms with Crippen molar-refractivity contribution in [2.45, 2.75) is 70.0 Å². The molecule has 2 saturated heterocycles. The van der Waals surface area contributed by atoms with Crippen LogP contribution in [0.25, 0.3) is 55.4 Å². The summed E-state index contributed by atoms with van der Waals surface area (Å²) in [5.74, 6) is 0.621. The zero-order valence-electron chi connectivity index (χ0n) is 42.0. The highest BCUT2D eigenvalue weighted by atomic mass is 16.2. The minimum Gasteiger partial charge on any atom is -0.350 e. The van der Waals surface area contributed by atoms with Crippen molar-refractivity contribution in [2.24, 2.45) is 18.9 Å². The molecule has 14 rings (SSSR count). The van der Waals surface area contributed by atoms with Crippen LogP contribution in [0.5, 0.6) is 0 Å². The Morgan fingerprint density at radius 1 is 0.539 bits per heavy atom. The molecule has 76 heavy (non-hydrogen) atoms. The molecule has 4 aromatic carbocycles. The van der Waals surface area contributed by atoms with Gasteiger partial charge in [0.25, 0.3) is 11.8 Å². The molecule has 0 bridgehead atoms. The summed E-state index contributed by atoms with van der Waals surface area (Å²) in [5, 5.41) is 16.4. The van der Waals surface area contributed by atoms with Crippen LogP contribution < -0.4 is 10.6 Å². The van der Waals surface area contributed by atoms with Crippen LogP contribution in [0.2, 0.25) is 0 Å². The third kappa shape index (κ3) is 8.33. The van der Waals surface area contributed by atoms with Gasteiger partial charge in [0.2, 0.25) is 23.7 Å². The molecule has 4 aliphatic rings. The quantitative estimate of drug-likeness (QED) is 0.122. The lowest BCUT2D eigenvalue weighted by atomic mass is 10.0. The van der Waals surface area contributed by atoms with Crippen LogP contribution in [0.3, 0.4) is 0 Å². The van der Waals surface area contributed by atoms with Gasteiger partial charge in [-0.1, -0.05) is 66.7 Å². The number of carbonyl (C=O) groups is 4. The van der Waals surface area contributed by atoms with E-state index in [4.69, 9.17) is 0 Å². The molecule has 10 aromatic rings. The Labute approximate surface area is 437 Å². The zero-order chi connectivity index (χ0) is 51.2. The molecule has 0 spiro atoms. The summed E-state index contributed by atoms with van der Waals surface area (Å²) in [5.41, 5.74) is 11.5. The molecule has 4 amide bonds. The fourth-order valence-corrected chi connectivity index (χ4v) is 11.6. The lowest BCUT2D eigenvalue weighted by molar-refractivity contribution is -0.118. The van der Waals surface area contributed by atoms with Gasteiger partial charge in [-0.15, -0.1) is 10.2 Å². The van der Waals surface area contributed by atoms with Gasteiger partial charge < -0.3 is 18.9 Å². The number of rotatable bonds is 12. The van der Waals surface area contributed by atoms with Gasteiger partial charge in [0.1, 0.15) is 0 Å². The Morgan fingerprint density at radius 2 is 1.04 bits per heavy atom. The monoisotopic (exact) mass is 1010 g/mol. The number of carbonyl (C=O) groups excluding carboxylic acids is 4. The van der Waals surface area contributed by atoms with Crippen molar-refractivity contribution in [2.75, 3.05) is 23.7 Å². The first-order chi connectivity index (χ1) is 37.1. The molecular formula is C60H54N12O4. The molecule has 16 nitrogen and oxygen atoms in total. The second-order valence-electron chi connectivity index (χ2n) is 21.1. The molecule has 378 valence electrons. The van der Waals surface area contributed by atoms with E-state index in [-0.39, 0.29) is 47.5 Å². The van der Waals surface area contributed by atoms with E-state index >= 15 is 0 Å². The molecule has 8 heterocycles. The maximum atomic E-state index is 14.9. The van der Waals surface area contributed by atoms with Gasteiger partial charge in [-0.2, -0.15) is 9.97 Å². The highest BCUT2D eigenvalue weighted by Gasteiger charge is 2.35. The highest BCUT2D eigenvalue weighted by Crippen LogP contribution is 2.39. The number of anilines is 2. The molecule has 2 N–H and O–H groups in total. The molecule has 4 fully saturated rings. The number of nitrogens with one attached hydrogen (secondary N) is 2. The van der Waals surface area contributed by atoms with E-state index in [2.05, 4.69) is 108 Å². The largest absolute Gasteiger partial charge is 0.350 e. The number of aryl methyl sites for hydroxylation is 1. The van der Waals surface area contributed by atoms with Gasteiger partial charge >= 0.3 is 0 Å². The second kappa shape index (κ2) is 18.2. The lowest BCUT2D eigenvalue weighted by Crippen LogP contribution is -2.30. The molecule has 16 heteroatoms. The Bertz CT molecular complexity index is 3970. The predicted molar refractivity (Wildman–Crippen MR) is 290 cm³/mol. The molecule has 2 aliphatic carbocycles. The van der Waals surface area contributed by atoms with Crippen molar-refractivity contribution in [3.05, 3.63) is 168 Å². The number of pyridine rings is 2. The summed E-state index contributed by atoms with van der Waals surface area (Å²) in [6, 6.07) is 39.2. The zero-order valence-corrected chi connectivity index (χ0v) is 42.0. The number of fused-ring (bicyclic) bond motifs is 4. The van der Waals surface area contributed by atoms with E-state index in [1.807, 2.05) is 88.7 Å². The van der Waals surface area contributed by atoms with Crippen LogP contribution in [0.4, 0.5) is 11.9 Å². The van der Waals surface area contributed by atoms with Crippen LogP contribution in [0.1, 0.15) is 101 Å². The van der Waals surface area contributed by atoms with Gasteiger partial charge in [0.05, 0.1) is 23.2 Å². The van der Waals surface area contributed by atoms with Crippen LogP contribution in [0, 0.1) is 11.8 Å². The van der Waals surface area contributed by atoms with Gasteiger partial charge in [-0.3, -0.25) is 29.8 Å². The van der Waals surface area contributed by atoms with E-state index in [1.54, 1.807) is 9.03 Å². The average molecular weight is 1010 g/mol. The summed E-state index contributed by atoms with van der Waals surface area (Å²) >= 11 is 0. The van der Waals surface area contributed by atoms with E-state index in [0.717, 1.165) is 112 Å². The SMILES string of the molecule is Cn1cc(C(=O)N2CCC[C@H]2c2ccc(Cn3cc(C(=O)N4CCCC4c4ccccc4)c4cc(-c5ccn6nc(NC(=O)C7CC7)nc6c5)ccc43)cc2)c2cc(-c3ccn4nc(NC(=O)C5CC5)nc4c3)ccc21. The molecular weight excluding hydrogens is 953 g/mol. The van der Waals surface area contributed by atoms with Crippen molar-refractivity contribution in [1.82, 2.24) is 48.1 Å². The van der Waals surface area contributed by atoms with E-state index in [0.29, 0.717) is 54.0 Å². The third-order valence-corrected chi connectivity index (χ3v) is 16.0. The smallest absolute Gasteiger partial charge is 0.256 e. The Kier molecular flexibility index (Phi) is 10.9. The van der Waals surface area contributed by atoms with Gasteiger partial charge in [0.15, 0.2) is 11.3 Å². The maximum Gasteiger partial charge on any atom is 0.256 e.